The highest BCUT2D eigenvalue weighted by molar-refractivity contribution is 6.31. The predicted molar refractivity (Wildman–Crippen MR) is 68.7 cm³/mol. The predicted octanol–water partition coefficient (Wildman–Crippen LogP) is 3.45. The molecule has 1 N–H and O–H groups in total. The van der Waals surface area contributed by atoms with Crippen LogP contribution >= 0.6 is 34.8 Å². The summed E-state index contributed by atoms with van der Waals surface area (Å²) in [5, 5.41) is 2.86. The zero-order valence-corrected chi connectivity index (χ0v) is 11.3. The van der Waals surface area contributed by atoms with Crippen LogP contribution in [0, 0.1) is 5.82 Å². The van der Waals surface area contributed by atoms with E-state index in [2.05, 4.69) is 5.32 Å². The molecule has 17 heavy (non-hydrogen) atoms. The van der Waals surface area contributed by atoms with Crippen molar-refractivity contribution in [2.75, 3.05) is 11.8 Å². The molecule has 1 aromatic rings. The molecule has 1 rings (SSSR count). The molecule has 1 amide bonds. The second-order valence-electron chi connectivity index (χ2n) is 3.91. The van der Waals surface area contributed by atoms with Gasteiger partial charge in [0, 0.05) is 16.8 Å². The van der Waals surface area contributed by atoms with E-state index in [0.29, 0.717) is 0 Å². The van der Waals surface area contributed by atoms with Crippen molar-refractivity contribution in [2.45, 2.75) is 12.5 Å². The van der Waals surface area contributed by atoms with Gasteiger partial charge < -0.3 is 5.32 Å². The van der Waals surface area contributed by atoms with Crippen molar-refractivity contribution in [3.05, 3.63) is 34.6 Å². The molecule has 0 saturated carbocycles. The monoisotopic (exact) mass is 297 g/mol. The standard InChI is InChI=1S/C11H11Cl3FNO/c1-11(5-12,6-13)16-10(17)8-4-7(14)2-3-9(8)15/h2-4H,5-6H2,1H3,(H,16,17). The minimum atomic E-state index is -0.783. The van der Waals surface area contributed by atoms with Gasteiger partial charge in [0.1, 0.15) is 5.82 Å². The third-order valence-corrected chi connectivity index (χ3v) is 3.59. The Morgan fingerprint density at radius 3 is 2.53 bits per heavy atom. The molecule has 6 heteroatoms. The highest BCUT2D eigenvalue weighted by Gasteiger charge is 2.26. The topological polar surface area (TPSA) is 29.1 Å². The zero-order chi connectivity index (χ0) is 13.1. The van der Waals surface area contributed by atoms with Gasteiger partial charge in [-0.3, -0.25) is 4.79 Å². The van der Waals surface area contributed by atoms with Crippen LogP contribution in [0.25, 0.3) is 0 Å². The van der Waals surface area contributed by atoms with Crippen molar-refractivity contribution in [2.24, 2.45) is 0 Å². The lowest BCUT2D eigenvalue weighted by Crippen LogP contribution is -2.49. The van der Waals surface area contributed by atoms with Gasteiger partial charge in [0.25, 0.3) is 5.91 Å². The highest BCUT2D eigenvalue weighted by Crippen LogP contribution is 2.17. The van der Waals surface area contributed by atoms with E-state index in [9.17, 15) is 9.18 Å². The van der Waals surface area contributed by atoms with Gasteiger partial charge in [-0.1, -0.05) is 11.6 Å². The number of hydrogen-bond acceptors (Lipinski definition) is 1. The molecule has 0 aliphatic heterocycles. The van der Waals surface area contributed by atoms with Crippen LogP contribution < -0.4 is 5.32 Å². The fraction of sp³-hybridized carbons (Fsp3) is 0.364. The largest absolute Gasteiger partial charge is 0.344 e. The van der Waals surface area contributed by atoms with E-state index < -0.39 is 17.3 Å². The van der Waals surface area contributed by atoms with Gasteiger partial charge in [-0.25, -0.2) is 4.39 Å². The van der Waals surface area contributed by atoms with E-state index in [-0.39, 0.29) is 22.3 Å². The smallest absolute Gasteiger partial charge is 0.254 e. The molecule has 94 valence electrons. The van der Waals surface area contributed by atoms with E-state index in [1.54, 1.807) is 6.92 Å². The lowest BCUT2D eigenvalue weighted by molar-refractivity contribution is 0.0917. The molecule has 1 aromatic carbocycles. The summed E-state index contributed by atoms with van der Waals surface area (Å²) < 4.78 is 13.4. The summed E-state index contributed by atoms with van der Waals surface area (Å²) in [5.41, 5.74) is -0.909. The van der Waals surface area contributed by atoms with Gasteiger partial charge in [-0.15, -0.1) is 23.2 Å². The maximum absolute atomic E-state index is 13.4. The minimum Gasteiger partial charge on any atom is -0.344 e. The first kappa shape index (κ1) is 14.6. The molecule has 0 aliphatic carbocycles. The fourth-order valence-corrected chi connectivity index (χ4v) is 1.71. The lowest BCUT2D eigenvalue weighted by atomic mass is 10.1. The normalized spacial score (nSPS) is 11.4. The Bertz CT molecular complexity index is 421. The summed E-state index contributed by atoms with van der Waals surface area (Å²) in [6.07, 6.45) is 0. The van der Waals surface area contributed by atoms with Crippen LogP contribution in [0.3, 0.4) is 0 Å². The Labute approximate surface area is 114 Å². The highest BCUT2D eigenvalue weighted by atomic mass is 35.5. The SMILES string of the molecule is CC(CCl)(CCl)NC(=O)c1cc(Cl)ccc1F. The molecular weight excluding hydrogens is 287 g/mol. The number of alkyl halides is 2. The maximum Gasteiger partial charge on any atom is 0.254 e. The first-order valence-corrected chi connectivity index (χ1v) is 6.26. The number of halogens is 4. The van der Waals surface area contributed by atoms with E-state index in [1.807, 2.05) is 0 Å². The summed E-state index contributed by atoms with van der Waals surface area (Å²) in [5.74, 6) is -0.971. The van der Waals surface area contributed by atoms with E-state index in [4.69, 9.17) is 34.8 Å². The number of rotatable bonds is 4. The molecule has 2 nitrogen and oxygen atoms in total. The fourth-order valence-electron chi connectivity index (χ4n) is 1.12. The maximum atomic E-state index is 13.4. The number of amides is 1. The molecular formula is C11H11Cl3FNO. The van der Waals surface area contributed by atoms with Crippen LogP contribution in [0.5, 0.6) is 0 Å². The molecule has 0 aliphatic rings. The molecule has 0 radical (unpaired) electrons. The van der Waals surface area contributed by atoms with Crippen LogP contribution in [-0.4, -0.2) is 23.2 Å². The second-order valence-corrected chi connectivity index (χ2v) is 4.88. The van der Waals surface area contributed by atoms with Crippen LogP contribution in [-0.2, 0) is 0 Å². The van der Waals surface area contributed by atoms with Crippen molar-refractivity contribution in [3.8, 4) is 0 Å². The molecule has 0 heterocycles. The number of benzene rings is 1. The molecule has 0 aromatic heterocycles. The Morgan fingerprint density at radius 1 is 1.41 bits per heavy atom. The van der Waals surface area contributed by atoms with Gasteiger partial charge >= 0.3 is 0 Å². The van der Waals surface area contributed by atoms with Gasteiger partial charge in [0.2, 0.25) is 0 Å². The molecule has 0 atom stereocenters. The number of hydrogen-bond donors (Lipinski definition) is 1. The second kappa shape index (κ2) is 5.89. The molecule has 0 saturated heterocycles. The number of nitrogens with one attached hydrogen (secondary N) is 1. The first-order valence-electron chi connectivity index (χ1n) is 4.81. The summed E-state index contributed by atoms with van der Waals surface area (Å²) in [4.78, 5) is 11.8. The summed E-state index contributed by atoms with van der Waals surface area (Å²) in [6, 6.07) is 3.76. The third kappa shape index (κ3) is 3.73. The Morgan fingerprint density at radius 2 is 2.00 bits per heavy atom. The van der Waals surface area contributed by atoms with Crippen molar-refractivity contribution in [1.29, 1.82) is 0 Å². The van der Waals surface area contributed by atoms with Crippen LogP contribution in [0.2, 0.25) is 5.02 Å². The van der Waals surface area contributed by atoms with Crippen LogP contribution in [0.1, 0.15) is 17.3 Å². The average Bonchev–Trinajstić information content (AvgIpc) is 2.32. The quantitative estimate of drug-likeness (QED) is 0.848. The number of carbonyl (C=O) groups is 1. The molecule has 0 fully saturated rings. The zero-order valence-electron chi connectivity index (χ0n) is 9.07. The summed E-state index contributed by atoms with van der Waals surface area (Å²) in [7, 11) is 0. The van der Waals surface area contributed by atoms with Crippen molar-refractivity contribution in [3.63, 3.8) is 0 Å². The van der Waals surface area contributed by atoms with E-state index in [1.165, 1.54) is 12.1 Å². The Kier molecular flexibility index (Phi) is 5.04. The Balaban J connectivity index is 2.94. The number of carbonyl (C=O) groups excluding carboxylic acids is 1. The minimum absolute atomic E-state index is 0.126. The van der Waals surface area contributed by atoms with Crippen LogP contribution in [0.15, 0.2) is 18.2 Å². The third-order valence-electron chi connectivity index (χ3n) is 2.18. The first-order chi connectivity index (χ1) is 7.91. The summed E-state index contributed by atoms with van der Waals surface area (Å²) >= 11 is 17.1. The van der Waals surface area contributed by atoms with Crippen molar-refractivity contribution >= 4 is 40.7 Å². The van der Waals surface area contributed by atoms with Gasteiger partial charge in [-0.2, -0.15) is 0 Å². The van der Waals surface area contributed by atoms with Gasteiger partial charge in [-0.05, 0) is 25.1 Å². The van der Waals surface area contributed by atoms with Gasteiger partial charge in [0.15, 0.2) is 0 Å². The van der Waals surface area contributed by atoms with E-state index in [0.717, 1.165) is 6.07 Å². The Hall–Kier alpha value is -0.510. The molecule has 0 unspecified atom stereocenters. The van der Waals surface area contributed by atoms with Crippen LogP contribution in [0.4, 0.5) is 4.39 Å². The summed E-state index contributed by atoms with van der Waals surface area (Å²) in [6.45, 7) is 1.67. The lowest BCUT2D eigenvalue weighted by Gasteiger charge is -2.26. The average molecular weight is 299 g/mol. The van der Waals surface area contributed by atoms with Gasteiger partial charge in [0.05, 0.1) is 11.1 Å². The van der Waals surface area contributed by atoms with Crippen molar-refractivity contribution in [1.82, 2.24) is 5.32 Å². The molecule has 0 spiro atoms. The van der Waals surface area contributed by atoms with Crippen molar-refractivity contribution < 1.29 is 9.18 Å². The van der Waals surface area contributed by atoms with E-state index >= 15 is 0 Å². The molecule has 0 bridgehead atoms.